The quantitative estimate of drug-likeness (QED) is 0.822. The Hall–Kier alpha value is -1.88. The lowest BCUT2D eigenvalue weighted by atomic mass is 9.88. The minimum atomic E-state index is -1.66. The van der Waals surface area contributed by atoms with E-state index in [1.165, 1.54) is 7.05 Å². The maximum atomic E-state index is 12.2. The first-order chi connectivity index (χ1) is 8.50. The molecule has 0 fully saturated rings. The second-order valence-corrected chi connectivity index (χ2v) is 4.38. The van der Waals surface area contributed by atoms with E-state index in [4.69, 9.17) is 0 Å². The van der Waals surface area contributed by atoms with Crippen LogP contribution in [0.4, 0.5) is 0 Å². The highest BCUT2D eigenvalue weighted by Gasteiger charge is 2.54. The number of carboxylic acids is 1. The summed E-state index contributed by atoms with van der Waals surface area (Å²) in [6.07, 6.45) is 0.643. The summed E-state index contributed by atoms with van der Waals surface area (Å²) in [5.41, 5.74) is -0.0540. The van der Waals surface area contributed by atoms with E-state index in [2.05, 4.69) is 0 Å². The van der Waals surface area contributed by atoms with E-state index >= 15 is 0 Å². The summed E-state index contributed by atoms with van der Waals surface area (Å²) in [6.45, 7) is 1.27. The second-order valence-electron chi connectivity index (χ2n) is 4.38. The third kappa shape index (κ3) is 1.31. The molecule has 96 valence electrons. The number of rotatable bonds is 3. The van der Waals surface area contributed by atoms with Gasteiger partial charge in [0.1, 0.15) is 0 Å². The standard InChI is InChI=1S/C13H15NO4/c1-3-8-5-4-6-9-10(8)11(16)14(2)13(9,7-15)12(17)18/h4-6,15H,3,7H2,1-2H3,(H,17,18)/t13-/m0/s1. The molecule has 0 bridgehead atoms. The molecule has 18 heavy (non-hydrogen) atoms. The van der Waals surface area contributed by atoms with Crippen LogP contribution < -0.4 is 0 Å². The molecule has 0 spiro atoms. The van der Waals surface area contributed by atoms with Crippen molar-refractivity contribution in [3.63, 3.8) is 0 Å². The van der Waals surface area contributed by atoms with Crippen LogP contribution >= 0.6 is 0 Å². The van der Waals surface area contributed by atoms with Crippen LogP contribution in [0.1, 0.15) is 28.4 Å². The van der Waals surface area contributed by atoms with Gasteiger partial charge in [-0.15, -0.1) is 0 Å². The fourth-order valence-corrected chi connectivity index (χ4v) is 2.53. The Labute approximate surface area is 105 Å². The first-order valence-corrected chi connectivity index (χ1v) is 5.75. The van der Waals surface area contributed by atoms with Crippen LogP contribution in [0.25, 0.3) is 0 Å². The summed E-state index contributed by atoms with van der Waals surface area (Å²) in [4.78, 5) is 24.8. The van der Waals surface area contributed by atoms with Gasteiger partial charge in [0.25, 0.3) is 5.91 Å². The Morgan fingerprint density at radius 1 is 1.44 bits per heavy atom. The highest BCUT2D eigenvalue weighted by molar-refractivity contribution is 6.06. The zero-order chi connectivity index (χ0) is 13.5. The van der Waals surface area contributed by atoms with Crippen LogP contribution in [0.2, 0.25) is 0 Å². The van der Waals surface area contributed by atoms with Gasteiger partial charge in [-0.25, -0.2) is 4.79 Å². The summed E-state index contributed by atoms with van der Waals surface area (Å²) < 4.78 is 0. The average Bonchev–Trinajstić information content (AvgIpc) is 2.59. The Morgan fingerprint density at radius 2 is 2.11 bits per heavy atom. The predicted octanol–water partition coefficient (Wildman–Crippen LogP) is 0.607. The number of aliphatic hydroxyl groups excluding tert-OH is 1. The molecule has 1 aliphatic heterocycles. The van der Waals surface area contributed by atoms with Gasteiger partial charge in [-0.2, -0.15) is 0 Å². The van der Waals surface area contributed by atoms with Gasteiger partial charge in [-0.3, -0.25) is 4.79 Å². The van der Waals surface area contributed by atoms with Crippen molar-refractivity contribution in [1.82, 2.24) is 4.90 Å². The first kappa shape index (κ1) is 12.6. The predicted molar refractivity (Wildman–Crippen MR) is 64.3 cm³/mol. The van der Waals surface area contributed by atoms with Crippen LogP contribution in [-0.4, -0.2) is 40.6 Å². The van der Waals surface area contributed by atoms with E-state index in [0.29, 0.717) is 17.5 Å². The minimum Gasteiger partial charge on any atom is -0.479 e. The third-order valence-electron chi connectivity index (χ3n) is 3.65. The van der Waals surface area contributed by atoms with Gasteiger partial charge >= 0.3 is 5.97 Å². The zero-order valence-electron chi connectivity index (χ0n) is 10.3. The average molecular weight is 249 g/mol. The van der Waals surface area contributed by atoms with Crippen LogP contribution in [0, 0.1) is 0 Å². The number of fused-ring (bicyclic) bond motifs is 1. The van der Waals surface area contributed by atoms with E-state index in [0.717, 1.165) is 10.5 Å². The zero-order valence-corrected chi connectivity index (χ0v) is 10.3. The molecule has 1 aromatic carbocycles. The van der Waals surface area contributed by atoms with Crippen molar-refractivity contribution in [3.05, 3.63) is 34.9 Å². The summed E-state index contributed by atoms with van der Waals surface area (Å²) in [6, 6.07) is 5.12. The van der Waals surface area contributed by atoms with Crippen LogP contribution in [-0.2, 0) is 16.8 Å². The lowest BCUT2D eigenvalue weighted by molar-refractivity contribution is -0.151. The number of nitrogens with zero attached hydrogens (tertiary/aromatic N) is 1. The highest BCUT2D eigenvalue weighted by Crippen LogP contribution is 2.39. The van der Waals surface area contributed by atoms with Gasteiger partial charge < -0.3 is 15.1 Å². The SMILES string of the molecule is CCc1cccc2c1C(=O)N(C)[C@]2(CO)C(=O)O. The lowest BCUT2D eigenvalue weighted by Crippen LogP contribution is -2.50. The normalized spacial score (nSPS) is 22.2. The van der Waals surface area contributed by atoms with Gasteiger partial charge in [-0.05, 0) is 12.0 Å². The number of benzene rings is 1. The molecule has 0 aromatic heterocycles. The molecule has 1 atom stereocenters. The molecule has 0 saturated heterocycles. The van der Waals surface area contributed by atoms with Crippen molar-refractivity contribution in [1.29, 1.82) is 0 Å². The maximum absolute atomic E-state index is 12.2. The number of amides is 1. The van der Waals surface area contributed by atoms with E-state index in [9.17, 15) is 19.8 Å². The molecule has 0 saturated carbocycles. The highest BCUT2D eigenvalue weighted by atomic mass is 16.4. The topological polar surface area (TPSA) is 77.8 Å². The van der Waals surface area contributed by atoms with Crippen molar-refractivity contribution in [2.75, 3.05) is 13.7 Å². The van der Waals surface area contributed by atoms with Crippen LogP contribution in [0.5, 0.6) is 0 Å². The Bertz CT molecular complexity index is 526. The molecular weight excluding hydrogens is 234 g/mol. The minimum absolute atomic E-state index is 0.348. The smallest absolute Gasteiger partial charge is 0.336 e. The number of aliphatic hydroxyl groups is 1. The molecule has 5 nitrogen and oxygen atoms in total. The van der Waals surface area contributed by atoms with Crippen molar-refractivity contribution < 1.29 is 19.8 Å². The third-order valence-corrected chi connectivity index (χ3v) is 3.65. The molecular formula is C13H15NO4. The first-order valence-electron chi connectivity index (χ1n) is 5.75. The molecule has 1 aliphatic rings. The molecule has 1 aromatic rings. The molecule has 5 heteroatoms. The lowest BCUT2D eigenvalue weighted by Gasteiger charge is -2.30. The molecule has 2 N–H and O–H groups in total. The number of carboxylic acid groups (broad SMARTS) is 1. The summed E-state index contributed by atoms with van der Waals surface area (Å²) in [7, 11) is 1.41. The number of hydrogen-bond acceptors (Lipinski definition) is 3. The number of aryl methyl sites for hydroxylation is 1. The maximum Gasteiger partial charge on any atom is 0.336 e. The van der Waals surface area contributed by atoms with E-state index in [1.54, 1.807) is 18.2 Å². The molecule has 1 heterocycles. The van der Waals surface area contributed by atoms with Crippen molar-refractivity contribution >= 4 is 11.9 Å². The monoisotopic (exact) mass is 249 g/mol. The summed E-state index contributed by atoms with van der Waals surface area (Å²) in [5, 5.41) is 18.9. The van der Waals surface area contributed by atoms with Gasteiger partial charge in [0.2, 0.25) is 0 Å². The fraction of sp³-hybridized carbons (Fsp3) is 0.385. The Balaban J connectivity index is 2.78. The molecule has 0 radical (unpaired) electrons. The number of carbonyl (C=O) groups excluding carboxylic acids is 1. The summed E-state index contributed by atoms with van der Waals surface area (Å²) >= 11 is 0. The summed E-state index contributed by atoms with van der Waals surface area (Å²) in [5.74, 6) is -1.56. The Morgan fingerprint density at radius 3 is 2.61 bits per heavy atom. The van der Waals surface area contributed by atoms with Crippen LogP contribution in [0.3, 0.4) is 0 Å². The van der Waals surface area contributed by atoms with Crippen molar-refractivity contribution in [2.45, 2.75) is 18.9 Å². The second kappa shape index (κ2) is 4.10. The molecule has 0 aliphatic carbocycles. The van der Waals surface area contributed by atoms with E-state index in [-0.39, 0.29) is 5.91 Å². The van der Waals surface area contributed by atoms with Gasteiger partial charge in [0, 0.05) is 18.2 Å². The number of aliphatic carboxylic acids is 1. The number of hydrogen-bond donors (Lipinski definition) is 2. The number of likely N-dealkylation sites (N-methyl/N-ethyl adjacent to an activating group) is 1. The Kier molecular flexibility index (Phi) is 2.86. The molecule has 0 unspecified atom stereocenters. The van der Waals surface area contributed by atoms with Gasteiger partial charge in [0.05, 0.1) is 6.61 Å². The number of carbonyl (C=O) groups is 2. The van der Waals surface area contributed by atoms with Crippen LogP contribution in [0.15, 0.2) is 18.2 Å². The van der Waals surface area contributed by atoms with E-state index in [1.807, 2.05) is 6.92 Å². The van der Waals surface area contributed by atoms with Crippen molar-refractivity contribution in [3.8, 4) is 0 Å². The van der Waals surface area contributed by atoms with Gasteiger partial charge in [-0.1, -0.05) is 25.1 Å². The fourth-order valence-electron chi connectivity index (χ4n) is 2.53. The van der Waals surface area contributed by atoms with Gasteiger partial charge in [0.15, 0.2) is 5.54 Å². The van der Waals surface area contributed by atoms with E-state index < -0.39 is 18.1 Å². The largest absolute Gasteiger partial charge is 0.479 e. The van der Waals surface area contributed by atoms with Crippen molar-refractivity contribution in [2.24, 2.45) is 0 Å². The molecule has 2 rings (SSSR count). The molecule has 1 amide bonds.